The highest BCUT2D eigenvalue weighted by molar-refractivity contribution is 5.95. The molecule has 0 radical (unpaired) electrons. The highest BCUT2D eigenvalue weighted by Gasteiger charge is 2.18. The van der Waals surface area contributed by atoms with E-state index in [2.05, 4.69) is 5.32 Å². The molecule has 2 aromatic rings. The molecule has 0 bridgehead atoms. The molecule has 1 N–H and O–H groups in total. The van der Waals surface area contributed by atoms with Crippen LogP contribution in [-0.2, 0) is 14.3 Å². The van der Waals surface area contributed by atoms with Gasteiger partial charge in [0.05, 0.1) is 13.0 Å². The van der Waals surface area contributed by atoms with Gasteiger partial charge in [0.1, 0.15) is 5.75 Å². The number of ether oxygens (including phenoxy) is 2. The van der Waals surface area contributed by atoms with E-state index in [0.717, 1.165) is 16.8 Å². The van der Waals surface area contributed by atoms with E-state index in [1.807, 2.05) is 62.4 Å². The molecule has 0 unspecified atom stereocenters. The Morgan fingerprint density at radius 3 is 2.52 bits per heavy atom. The van der Waals surface area contributed by atoms with Crippen molar-refractivity contribution < 1.29 is 19.1 Å². The van der Waals surface area contributed by atoms with E-state index in [1.54, 1.807) is 6.92 Å². The predicted molar refractivity (Wildman–Crippen MR) is 96.7 cm³/mol. The van der Waals surface area contributed by atoms with Gasteiger partial charge in [-0.1, -0.05) is 30.3 Å². The Kier molecular flexibility index (Phi) is 6.57. The van der Waals surface area contributed by atoms with Crippen LogP contribution < -0.4 is 10.1 Å². The molecule has 0 aliphatic rings. The first kappa shape index (κ1) is 18.5. The van der Waals surface area contributed by atoms with Crippen LogP contribution in [0.15, 0.2) is 48.5 Å². The molecule has 0 aromatic heterocycles. The van der Waals surface area contributed by atoms with Gasteiger partial charge in [0, 0.05) is 5.69 Å². The van der Waals surface area contributed by atoms with Crippen LogP contribution in [0.4, 0.5) is 5.69 Å². The van der Waals surface area contributed by atoms with Crippen molar-refractivity contribution in [1.29, 1.82) is 0 Å². The molecule has 0 spiro atoms. The molecule has 1 amide bonds. The zero-order valence-electron chi connectivity index (χ0n) is 14.7. The monoisotopic (exact) mass is 341 g/mol. The maximum absolute atomic E-state index is 12.2. The molecule has 2 aromatic carbocycles. The first-order chi connectivity index (χ1) is 12.0. The number of nitrogens with one attached hydrogen (secondary N) is 1. The third-order valence-corrected chi connectivity index (χ3v) is 3.65. The summed E-state index contributed by atoms with van der Waals surface area (Å²) in [7, 11) is 0. The predicted octanol–water partition coefficient (Wildman–Crippen LogP) is 3.64. The smallest absolute Gasteiger partial charge is 0.310 e. The van der Waals surface area contributed by atoms with Crippen LogP contribution in [0.2, 0.25) is 0 Å². The number of para-hydroxylation sites is 1. The van der Waals surface area contributed by atoms with E-state index in [1.165, 1.54) is 0 Å². The van der Waals surface area contributed by atoms with Crippen molar-refractivity contribution in [3.8, 4) is 5.75 Å². The first-order valence-corrected chi connectivity index (χ1v) is 8.21. The van der Waals surface area contributed by atoms with Gasteiger partial charge in [-0.05, 0) is 50.1 Å². The lowest BCUT2D eigenvalue weighted by Crippen LogP contribution is -2.30. The van der Waals surface area contributed by atoms with Crippen molar-refractivity contribution in [2.45, 2.75) is 33.3 Å². The Morgan fingerprint density at radius 2 is 1.80 bits per heavy atom. The number of carbonyl (C=O) groups excluding carboxylic acids is 2. The summed E-state index contributed by atoms with van der Waals surface area (Å²) in [6.45, 7) is 5.61. The highest BCUT2D eigenvalue weighted by Crippen LogP contribution is 2.17. The van der Waals surface area contributed by atoms with E-state index in [9.17, 15) is 9.59 Å². The summed E-state index contributed by atoms with van der Waals surface area (Å²) in [4.78, 5) is 24.0. The third-order valence-electron chi connectivity index (χ3n) is 3.65. The van der Waals surface area contributed by atoms with Gasteiger partial charge in [-0.15, -0.1) is 0 Å². The Labute approximate surface area is 148 Å². The fourth-order valence-corrected chi connectivity index (χ4v) is 2.18. The zero-order valence-corrected chi connectivity index (χ0v) is 14.7. The van der Waals surface area contributed by atoms with Crippen molar-refractivity contribution in [1.82, 2.24) is 0 Å². The van der Waals surface area contributed by atoms with E-state index in [4.69, 9.17) is 9.47 Å². The molecule has 132 valence electrons. The lowest BCUT2D eigenvalue weighted by Gasteiger charge is -2.15. The number of esters is 1. The van der Waals surface area contributed by atoms with Crippen molar-refractivity contribution in [3.05, 3.63) is 59.7 Å². The van der Waals surface area contributed by atoms with Gasteiger partial charge >= 0.3 is 5.97 Å². The van der Waals surface area contributed by atoms with Crippen LogP contribution >= 0.6 is 0 Å². The number of hydrogen-bond donors (Lipinski definition) is 1. The highest BCUT2D eigenvalue weighted by atomic mass is 16.5. The number of carbonyl (C=O) groups is 2. The minimum absolute atomic E-state index is 0.0794. The van der Waals surface area contributed by atoms with Crippen LogP contribution in [0, 0.1) is 13.8 Å². The van der Waals surface area contributed by atoms with Crippen molar-refractivity contribution in [2.75, 3.05) is 11.9 Å². The van der Waals surface area contributed by atoms with Crippen LogP contribution in [-0.4, -0.2) is 24.6 Å². The van der Waals surface area contributed by atoms with Gasteiger partial charge in [-0.2, -0.15) is 0 Å². The van der Waals surface area contributed by atoms with Gasteiger partial charge < -0.3 is 14.8 Å². The van der Waals surface area contributed by atoms with E-state index >= 15 is 0 Å². The lowest BCUT2D eigenvalue weighted by molar-refractivity contribution is -0.153. The number of benzene rings is 2. The van der Waals surface area contributed by atoms with Crippen LogP contribution in [0.5, 0.6) is 5.75 Å². The molecule has 0 aliphatic heterocycles. The molecule has 2 rings (SSSR count). The van der Waals surface area contributed by atoms with Crippen molar-refractivity contribution >= 4 is 17.6 Å². The number of aryl methyl sites for hydroxylation is 2. The van der Waals surface area contributed by atoms with Gasteiger partial charge in [0.2, 0.25) is 0 Å². The number of anilines is 1. The summed E-state index contributed by atoms with van der Waals surface area (Å²) in [6, 6.07) is 15.0. The van der Waals surface area contributed by atoms with E-state index in [-0.39, 0.29) is 18.9 Å². The summed E-state index contributed by atoms with van der Waals surface area (Å²) < 4.78 is 10.6. The minimum atomic E-state index is -0.871. The standard InChI is InChI=1S/C20H23NO4/c1-14-9-10-15(2)18(13-14)21-20(23)16(3)25-19(22)11-12-24-17-7-5-4-6-8-17/h4-10,13,16H,11-12H2,1-3H3,(H,21,23)/t16-/m0/s1. The average Bonchev–Trinajstić information content (AvgIpc) is 2.59. The summed E-state index contributed by atoms with van der Waals surface area (Å²) in [6.07, 6.45) is -0.792. The fraction of sp³-hybridized carbons (Fsp3) is 0.300. The molecule has 0 saturated carbocycles. The molecule has 1 atom stereocenters. The maximum Gasteiger partial charge on any atom is 0.310 e. The van der Waals surface area contributed by atoms with Gasteiger partial charge in [0.15, 0.2) is 6.10 Å². The molecule has 25 heavy (non-hydrogen) atoms. The average molecular weight is 341 g/mol. The summed E-state index contributed by atoms with van der Waals surface area (Å²) in [5.74, 6) is -0.137. The van der Waals surface area contributed by atoms with Gasteiger partial charge in [-0.25, -0.2) is 0 Å². The fourth-order valence-electron chi connectivity index (χ4n) is 2.18. The molecule has 5 nitrogen and oxygen atoms in total. The van der Waals surface area contributed by atoms with E-state index < -0.39 is 12.1 Å². The lowest BCUT2D eigenvalue weighted by atomic mass is 10.1. The summed E-state index contributed by atoms with van der Waals surface area (Å²) >= 11 is 0. The third kappa shape index (κ3) is 5.95. The molecule has 0 saturated heterocycles. The number of amides is 1. The summed E-state index contributed by atoms with van der Waals surface area (Å²) in [5, 5.41) is 2.79. The number of hydrogen-bond acceptors (Lipinski definition) is 4. The topological polar surface area (TPSA) is 64.6 Å². The number of rotatable bonds is 7. The second kappa shape index (κ2) is 8.87. The zero-order chi connectivity index (χ0) is 18.2. The molecule has 0 fully saturated rings. The Hall–Kier alpha value is -2.82. The Morgan fingerprint density at radius 1 is 1.08 bits per heavy atom. The Bertz CT molecular complexity index is 728. The van der Waals surface area contributed by atoms with Gasteiger partial charge in [-0.3, -0.25) is 9.59 Å². The van der Waals surface area contributed by atoms with Crippen molar-refractivity contribution in [2.24, 2.45) is 0 Å². The molecular weight excluding hydrogens is 318 g/mol. The Balaban J connectivity index is 1.78. The summed E-state index contributed by atoms with van der Waals surface area (Å²) in [5.41, 5.74) is 2.72. The molecule has 5 heteroatoms. The quantitative estimate of drug-likeness (QED) is 0.781. The normalized spacial score (nSPS) is 11.5. The van der Waals surface area contributed by atoms with Crippen LogP contribution in [0.1, 0.15) is 24.5 Å². The minimum Gasteiger partial charge on any atom is -0.493 e. The molecular formula is C20H23NO4. The molecule has 0 heterocycles. The second-order valence-corrected chi connectivity index (χ2v) is 5.85. The van der Waals surface area contributed by atoms with Crippen LogP contribution in [0.25, 0.3) is 0 Å². The van der Waals surface area contributed by atoms with Crippen LogP contribution in [0.3, 0.4) is 0 Å². The van der Waals surface area contributed by atoms with Crippen molar-refractivity contribution in [3.63, 3.8) is 0 Å². The maximum atomic E-state index is 12.2. The first-order valence-electron chi connectivity index (χ1n) is 8.21. The van der Waals surface area contributed by atoms with Gasteiger partial charge in [0.25, 0.3) is 5.91 Å². The largest absolute Gasteiger partial charge is 0.493 e. The molecule has 0 aliphatic carbocycles. The second-order valence-electron chi connectivity index (χ2n) is 5.85. The van der Waals surface area contributed by atoms with E-state index in [0.29, 0.717) is 5.75 Å². The SMILES string of the molecule is Cc1ccc(C)c(NC(=O)[C@H](C)OC(=O)CCOc2ccccc2)c1.